The minimum Gasteiger partial charge on any atom is -0.387 e. The van der Waals surface area contributed by atoms with E-state index in [1.807, 2.05) is 0 Å². The highest BCUT2D eigenvalue weighted by Gasteiger charge is 2.47. The molecule has 0 bridgehead atoms. The standard InChI is InChI=1S/C18H27ClN5O7P/c1-18(2,32(27,28)29)30-8-11-12(25)13(26)16(31-11)24-15-10(7-20-24)14(22-17(19)23-15)21-9-5-3-4-6-9/h7,9,11-13,16,25-26H,3-6,8H2,1-2H3,(H,21,22,23)(H2,27,28,29)/t11-,12-,13-,16-/m1/s1. The van der Waals surface area contributed by atoms with Crippen molar-refractivity contribution in [3.05, 3.63) is 11.5 Å². The van der Waals surface area contributed by atoms with Crippen LogP contribution in [0.25, 0.3) is 11.0 Å². The van der Waals surface area contributed by atoms with Crippen molar-refractivity contribution >= 4 is 36.0 Å². The molecular formula is C18H27ClN5O7P. The molecule has 0 unspecified atom stereocenters. The lowest BCUT2D eigenvalue weighted by Crippen LogP contribution is -2.37. The number of nitrogens with zero attached hydrogens (tertiary/aromatic N) is 4. The quantitative estimate of drug-likeness (QED) is 0.280. The molecule has 178 valence electrons. The molecule has 3 heterocycles. The number of aromatic nitrogens is 4. The van der Waals surface area contributed by atoms with Crippen LogP contribution in [0, 0.1) is 0 Å². The van der Waals surface area contributed by atoms with Gasteiger partial charge in [0.2, 0.25) is 5.28 Å². The molecule has 0 amide bonds. The molecular weight excluding hydrogens is 465 g/mol. The first-order chi connectivity index (χ1) is 15.0. The van der Waals surface area contributed by atoms with Crippen LogP contribution in [0.4, 0.5) is 5.82 Å². The second-order valence-corrected chi connectivity index (χ2v) is 11.1. The minimum atomic E-state index is -4.56. The van der Waals surface area contributed by atoms with Crippen molar-refractivity contribution in [1.29, 1.82) is 0 Å². The number of ether oxygens (including phenoxy) is 2. The van der Waals surface area contributed by atoms with Gasteiger partial charge in [0.05, 0.1) is 18.2 Å². The number of hydrogen-bond donors (Lipinski definition) is 5. The summed E-state index contributed by atoms with van der Waals surface area (Å²) in [5, 5.41) is 27.5. The Morgan fingerprint density at radius 2 is 1.97 bits per heavy atom. The fourth-order valence-corrected chi connectivity index (χ4v) is 4.31. The van der Waals surface area contributed by atoms with Gasteiger partial charge in [-0.15, -0.1) is 0 Å². The molecule has 4 rings (SSSR count). The lowest BCUT2D eigenvalue weighted by atomic mass is 10.1. The first kappa shape index (κ1) is 23.8. The summed E-state index contributed by atoms with van der Waals surface area (Å²) in [6, 6.07) is 0.279. The monoisotopic (exact) mass is 491 g/mol. The van der Waals surface area contributed by atoms with E-state index in [0.717, 1.165) is 25.7 Å². The second kappa shape index (κ2) is 8.77. The Bertz CT molecular complexity index is 1020. The average molecular weight is 492 g/mol. The Morgan fingerprint density at radius 1 is 1.28 bits per heavy atom. The van der Waals surface area contributed by atoms with Crippen LogP contribution in [-0.2, 0) is 14.0 Å². The van der Waals surface area contributed by atoms with Gasteiger partial charge in [0.15, 0.2) is 17.2 Å². The Balaban J connectivity index is 1.56. The number of hydrogen-bond acceptors (Lipinski definition) is 9. The zero-order valence-corrected chi connectivity index (χ0v) is 19.3. The van der Waals surface area contributed by atoms with Gasteiger partial charge in [0.25, 0.3) is 0 Å². The fraction of sp³-hybridized carbons (Fsp3) is 0.722. The summed E-state index contributed by atoms with van der Waals surface area (Å²) >= 11 is 6.13. The van der Waals surface area contributed by atoms with Crippen molar-refractivity contribution in [3.8, 4) is 0 Å². The summed E-state index contributed by atoms with van der Waals surface area (Å²) in [5.41, 5.74) is 0.318. The molecule has 2 fully saturated rings. The molecule has 5 N–H and O–H groups in total. The third-order valence-corrected chi connectivity index (χ3v) is 7.70. The zero-order valence-electron chi connectivity index (χ0n) is 17.6. The van der Waals surface area contributed by atoms with E-state index >= 15 is 0 Å². The Labute approximate surface area is 189 Å². The molecule has 2 aromatic heterocycles. The number of nitrogens with one attached hydrogen (secondary N) is 1. The fourth-order valence-electron chi connectivity index (χ4n) is 3.90. The van der Waals surface area contributed by atoms with Crippen LogP contribution in [0.5, 0.6) is 0 Å². The summed E-state index contributed by atoms with van der Waals surface area (Å²) in [4.78, 5) is 27.3. The van der Waals surface area contributed by atoms with E-state index in [2.05, 4.69) is 20.4 Å². The third kappa shape index (κ3) is 4.51. The van der Waals surface area contributed by atoms with E-state index in [1.54, 1.807) is 0 Å². The zero-order chi connectivity index (χ0) is 23.3. The van der Waals surface area contributed by atoms with E-state index < -0.39 is 37.5 Å². The van der Waals surface area contributed by atoms with Crippen molar-refractivity contribution < 1.29 is 34.0 Å². The highest BCUT2D eigenvalue weighted by Crippen LogP contribution is 2.51. The van der Waals surface area contributed by atoms with Gasteiger partial charge in [-0.05, 0) is 38.3 Å². The Kier molecular flexibility index (Phi) is 6.51. The van der Waals surface area contributed by atoms with Gasteiger partial charge in [0.1, 0.15) is 24.1 Å². The Hall–Kier alpha value is -1.37. The molecule has 12 nitrogen and oxygen atoms in total. The molecule has 32 heavy (non-hydrogen) atoms. The number of fused-ring (bicyclic) bond motifs is 1. The normalized spacial score (nSPS) is 27.5. The lowest BCUT2D eigenvalue weighted by molar-refractivity contribution is -0.0906. The molecule has 4 atom stereocenters. The van der Waals surface area contributed by atoms with Gasteiger partial charge >= 0.3 is 7.60 Å². The van der Waals surface area contributed by atoms with Crippen molar-refractivity contribution in [1.82, 2.24) is 19.7 Å². The van der Waals surface area contributed by atoms with Crippen LogP contribution in [0.2, 0.25) is 5.28 Å². The third-order valence-electron chi connectivity index (χ3n) is 6.00. The molecule has 2 aliphatic rings. The van der Waals surface area contributed by atoms with E-state index in [9.17, 15) is 24.6 Å². The average Bonchev–Trinajstić information content (AvgIpc) is 3.41. The molecule has 1 saturated carbocycles. The van der Waals surface area contributed by atoms with E-state index in [4.69, 9.17) is 21.1 Å². The topological polar surface area (TPSA) is 172 Å². The predicted molar refractivity (Wildman–Crippen MR) is 114 cm³/mol. The highest BCUT2D eigenvalue weighted by atomic mass is 35.5. The van der Waals surface area contributed by atoms with E-state index in [-0.39, 0.29) is 17.9 Å². The van der Waals surface area contributed by atoms with Gasteiger partial charge < -0.3 is 34.8 Å². The van der Waals surface area contributed by atoms with Crippen molar-refractivity contribution in [2.24, 2.45) is 0 Å². The number of aliphatic hydroxyl groups is 2. The van der Waals surface area contributed by atoms with Crippen LogP contribution in [0.15, 0.2) is 6.20 Å². The summed E-state index contributed by atoms with van der Waals surface area (Å²) in [6.45, 7) is 2.12. The molecule has 0 radical (unpaired) electrons. The van der Waals surface area contributed by atoms with Gasteiger partial charge in [-0.2, -0.15) is 15.1 Å². The Morgan fingerprint density at radius 3 is 2.62 bits per heavy atom. The van der Waals surface area contributed by atoms with Crippen molar-refractivity contribution in [2.75, 3.05) is 11.9 Å². The van der Waals surface area contributed by atoms with Crippen molar-refractivity contribution in [3.63, 3.8) is 0 Å². The van der Waals surface area contributed by atoms with Gasteiger partial charge in [0, 0.05) is 6.04 Å². The van der Waals surface area contributed by atoms with Gasteiger partial charge in [-0.3, -0.25) is 4.57 Å². The highest BCUT2D eigenvalue weighted by molar-refractivity contribution is 7.53. The van der Waals surface area contributed by atoms with Gasteiger partial charge in [-0.25, -0.2) is 4.68 Å². The first-order valence-electron chi connectivity index (χ1n) is 10.4. The smallest absolute Gasteiger partial charge is 0.356 e. The molecule has 0 aromatic carbocycles. The lowest BCUT2D eigenvalue weighted by Gasteiger charge is -2.28. The van der Waals surface area contributed by atoms with Gasteiger partial charge in [-0.1, -0.05) is 12.8 Å². The van der Waals surface area contributed by atoms with Crippen LogP contribution in [0.1, 0.15) is 45.8 Å². The van der Waals surface area contributed by atoms with Crippen molar-refractivity contribution in [2.45, 2.75) is 75.5 Å². The van der Waals surface area contributed by atoms with Crippen LogP contribution >= 0.6 is 19.2 Å². The summed E-state index contributed by atoms with van der Waals surface area (Å²) < 4.78 is 23.9. The van der Waals surface area contributed by atoms with Crippen LogP contribution in [-0.4, -0.2) is 76.1 Å². The molecule has 1 aliphatic carbocycles. The van der Waals surface area contributed by atoms with E-state index in [1.165, 1.54) is 24.7 Å². The predicted octanol–water partition coefficient (Wildman–Crippen LogP) is 1.38. The SMILES string of the molecule is CC(C)(OC[C@H]1O[C@@H](n2ncc3c(NC4CCCC4)nc(Cl)nc32)[C@H](O)[C@@H]1O)P(=O)(O)O. The molecule has 1 saturated heterocycles. The number of anilines is 1. The first-order valence-corrected chi connectivity index (χ1v) is 12.4. The van der Waals surface area contributed by atoms with Crippen LogP contribution in [0.3, 0.4) is 0 Å². The number of aliphatic hydroxyl groups excluding tert-OH is 2. The number of halogens is 1. The molecule has 14 heteroatoms. The number of rotatable bonds is 7. The maximum absolute atomic E-state index is 11.6. The van der Waals surface area contributed by atoms with E-state index in [0.29, 0.717) is 16.9 Å². The summed E-state index contributed by atoms with van der Waals surface area (Å²) in [6.07, 6.45) is 0.952. The maximum atomic E-state index is 11.6. The van der Waals surface area contributed by atoms with Crippen LogP contribution < -0.4 is 5.32 Å². The largest absolute Gasteiger partial charge is 0.387 e. The summed E-state index contributed by atoms with van der Waals surface area (Å²) in [7, 11) is -4.56. The summed E-state index contributed by atoms with van der Waals surface area (Å²) in [5.74, 6) is 0.537. The molecule has 0 spiro atoms. The molecule has 2 aromatic rings. The maximum Gasteiger partial charge on any atom is 0.356 e. The minimum absolute atomic E-state index is 0.00365. The molecule has 1 aliphatic heterocycles. The second-order valence-electron chi connectivity index (χ2n) is 8.64.